The standard InChI is InChI=1S/C21H20O10/c1-7-2-9-14(11(24)3-7)18(27)15-10(16(9)25)4-8(23)5-12(15)30-21-20(29)19(28)17(26)13(6-22)31-21/h2-5,13,17,19-24,26,28-29H,6H2,1H3/t13-,17-,19+,20-,21?/m1/s1. The van der Waals surface area contributed by atoms with Crippen LogP contribution in [0.1, 0.15) is 37.4 Å². The zero-order valence-electron chi connectivity index (χ0n) is 16.2. The van der Waals surface area contributed by atoms with Crippen molar-refractivity contribution in [2.24, 2.45) is 0 Å². The Bertz CT molecular complexity index is 1080. The van der Waals surface area contributed by atoms with E-state index in [4.69, 9.17) is 9.47 Å². The molecule has 31 heavy (non-hydrogen) atoms. The summed E-state index contributed by atoms with van der Waals surface area (Å²) in [4.78, 5) is 26.2. The van der Waals surface area contributed by atoms with Crippen molar-refractivity contribution < 1.29 is 49.7 Å². The molecule has 5 atom stereocenters. The number of aryl methyl sites for hydroxylation is 1. The molecule has 2 aromatic carbocycles. The molecule has 4 rings (SSSR count). The molecular weight excluding hydrogens is 412 g/mol. The number of phenols is 2. The van der Waals surface area contributed by atoms with Gasteiger partial charge < -0.3 is 40.1 Å². The van der Waals surface area contributed by atoms with Crippen molar-refractivity contribution in [3.05, 3.63) is 52.1 Å². The first-order valence-electron chi connectivity index (χ1n) is 9.41. The third-order valence-electron chi connectivity index (χ3n) is 5.38. The summed E-state index contributed by atoms with van der Waals surface area (Å²) >= 11 is 0. The summed E-state index contributed by atoms with van der Waals surface area (Å²) in [5, 5.41) is 59.8. The summed E-state index contributed by atoms with van der Waals surface area (Å²) in [7, 11) is 0. The van der Waals surface area contributed by atoms with Gasteiger partial charge in [0.2, 0.25) is 12.1 Å². The number of carbonyl (C=O) groups excluding carboxylic acids is 2. The smallest absolute Gasteiger partial charge is 0.229 e. The zero-order chi connectivity index (χ0) is 22.6. The zero-order valence-corrected chi connectivity index (χ0v) is 16.2. The number of carbonyl (C=O) groups is 2. The predicted molar refractivity (Wildman–Crippen MR) is 102 cm³/mol. The van der Waals surface area contributed by atoms with E-state index in [9.17, 15) is 40.2 Å². The Hall–Kier alpha value is -3.02. The number of rotatable bonds is 3. The summed E-state index contributed by atoms with van der Waals surface area (Å²) < 4.78 is 10.8. The Balaban J connectivity index is 1.79. The van der Waals surface area contributed by atoms with Crippen LogP contribution in [0.5, 0.6) is 17.2 Å². The molecule has 10 heteroatoms. The summed E-state index contributed by atoms with van der Waals surface area (Å²) in [6.45, 7) is 0.949. The van der Waals surface area contributed by atoms with Crippen LogP contribution in [0, 0.1) is 6.92 Å². The fraction of sp³-hybridized carbons (Fsp3) is 0.333. The Kier molecular flexibility index (Phi) is 5.20. The Morgan fingerprint density at radius 3 is 2.26 bits per heavy atom. The third kappa shape index (κ3) is 3.34. The second-order valence-electron chi connectivity index (χ2n) is 7.55. The minimum absolute atomic E-state index is 0.0283. The lowest BCUT2D eigenvalue weighted by Gasteiger charge is -2.39. The van der Waals surface area contributed by atoms with Crippen LogP contribution in [0.4, 0.5) is 0 Å². The van der Waals surface area contributed by atoms with E-state index in [1.807, 2.05) is 0 Å². The van der Waals surface area contributed by atoms with Gasteiger partial charge >= 0.3 is 0 Å². The average Bonchev–Trinajstić information content (AvgIpc) is 2.71. The lowest BCUT2D eigenvalue weighted by Crippen LogP contribution is -2.60. The highest BCUT2D eigenvalue weighted by Crippen LogP contribution is 2.40. The molecule has 0 radical (unpaired) electrons. The number of hydrogen-bond donors (Lipinski definition) is 6. The van der Waals surface area contributed by atoms with E-state index >= 15 is 0 Å². The van der Waals surface area contributed by atoms with Gasteiger partial charge in [-0.2, -0.15) is 0 Å². The number of hydrogen-bond acceptors (Lipinski definition) is 10. The fourth-order valence-corrected chi connectivity index (χ4v) is 3.85. The van der Waals surface area contributed by atoms with Gasteiger partial charge in [-0.05, 0) is 30.7 Å². The molecule has 6 N–H and O–H groups in total. The van der Waals surface area contributed by atoms with Crippen molar-refractivity contribution in [1.82, 2.24) is 0 Å². The number of ether oxygens (including phenoxy) is 2. The molecule has 0 amide bonds. The first-order chi connectivity index (χ1) is 14.6. The van der Waals surface area contributed by atoms with Crippen molar-refractivity contribution in [2.75, 3.05) is 6.61 Å². The van der Waals surface area contributed by atoms with Crippen molar-refractivity contribution >= 4 is 11.6 Å². The number of aromatic hydroxyl groups is 2. The van der Waals surface area contributed by atoms with Crippen molar-refractivity contribution in [2.45, 2.75) is 37.6 Å². The van der Waals surface area contributed by atoms with E-state index in [0.717, 1.165) is 12.1 Å². The van der Waals surface area contributed by atoms with Crippen LogP contribution < -0.4 is 4.74 Å². The second kappa shape index (κ2) is 7.59. The number of benzene rings is 2. The van der Waals surface area contributed by atoms with Gasteiger partial charge in [-0.25, -0.2) is 0 Å². The maximum Gasteiger partial charge on any atom is 0.229 e. The van der Waals surface area contributed by atoms with Gasteiger partial charge in [0.05, 0.1) is 17.7 Å². The van der Waals surface area contributed by atoms with E-state index < -0.39 is 60.4 Å². The Morgan fingerprint density at radius 1 is 0.903 bits per heavy atom. The van der Waals surface area contributed by atoms with E-state index in [0.29, 0.717) is 5.56 Å². The highest BCUT2D eigenvalue weighted by Gasteiger charge is 2.45. The molecule has 0 bridgehead atoms. The molecule has 1 unspecified atom stereocenters. The highest BCUT2D eigenvalue weighted by molar-refractivity contribution is 6.30. The first kappa shape index (κ1) is 21.2. The predicted octanol–water partition coefficient (Wildman–Crippen LogP) is -0.640. The van der Waals surface area contributed by atoms with Crippen LogP contribution in [0.25, 0.3) is 0 Å². The second-order valence-corrected chi connectivity index (χ2v) is 7.55. The summed E-state index contributed by atoms with van der Waals surface area (Å²) in [6, 6.07) is 4.87. The van der Waals surface area contributed by atoms with Crippen molar-refractivity contribution in [3.8, 4) is 17.2 Å². The summed E-state index contributed by atoms with van der Waals surface area (Å²) in [5.74, 6) is -2.53. The van der Waals surface area contributed by atoms with Crippen LogP contribution in [0.3, 0.4) is 0 Å². The molecule has 164 valence electrons. The fourth-order valence-electron chi connectivity index (χ4n) is 3.85. The van der Waals surface area contributed by atoms with Gasteiger partial charge in [-0.3, -0.25) is 9.59 Å². The number of aliphatic hydroxyl groups is 4. The molecule has 2 aliphatic rings. The minimum Gasteiger partial charge on any atom is -0.508 e. The van der Waals surface area contributed by atoms with Gasteiger partial charge in [0.25, 0.3) is 0 Å². The number of ketones is 2. The molecule has 1 aliphatic heterocycles. The topological polar surface area (TPSA) is 174 Å². The molecule has 0 saturated carbocycles. The minimum atomic E-state index is -1.77. The van der Waals surface area contributed by atoms with Crippen LogP contribution in [-0.2, 0) is 4.74 Å². The Morgan fingerprint density at radius 2 is 1.58 bits per heavy atom. The maximum atomic E-state index is 13.2. The van der Waals surface area contributed by atoms with Gasteiger partial charge in [0.15, 0.2) is 5.78 Å². The van der Waals surface area contributed by atoms with Crippen LogP contribution in [-0.4, -0.2) is 79.5 Å². The largest absolute Gasteiger partial charge is 0.508 e. The lowest BCUT2D eigenvalue weighted by molar-refractivity contribution is -0.277. The van der Waals surface area contributed by atoms with Crippen molar-refractivity contribution in [1.29, 1.82) is 0 Å². The van der Waals surface area contributed by atoms with Crippen LogP contribution >= 0.6 is 0 Å². The molecule has 1 saturated heterocycles. The first-order valence-corrected chi connectivity index (χ1v) is 9.41. The monoisotopic (exact) mass is 432 g/mol. The molecular formula is C21H20O10. The van der Waals surface area contributed by atoms with E-state index in [1.54, 1.807) is 6.92 Å². The molecule has 2 aromatic rings. The number of phenolic OH excluding ortho intramolecular Hbond substituents is 2. The third-order valence-corrected chi connectivity index (χ3v) is 5.38. The van der Waals surface area contributed by atoms with Crippen molar-refractivity contribution in [3.63, 3.8) is 0 Å². The molecule has 1 aliphatic carbocycles. The van der Waals surface area contributed by atoms with Gasteiger partial charge in [-0.15, -0.1) is 0 Å². The van der Waals surface area contributed by atoms with Crippen LogP contribution in [0.15, 0.2) is 24.3 Å². The maximum absolute atomic E-state index is 13.2. The normalized spacial score (nSPS) is 27.6. The van der Waals surface area contributed by atoms with E-state index in [-0.39, 0.29) is 28.0 Å². The Labute approximate surface area is 175 Å². The SMILES string of the molecule is Cc1cc(O)c2c(c1)C(=O)c1cc(O)cc(OC3O[C@H](CO)[C@@H](O)[C@H](O)[C@H]3O)c1C2=O. The van der Waals surface area contributed by atoms with Gasteiger partial charge in [-0.1, -0.05) is 0 Å². The molecule has 1 heterocycles. The quantitative estimate of drug-likeness (QED) is 0.312. The number of aliphatic hydroxyl groups excluding tert-OH is 4. The molecule has 0 spiro atoms. The van der Waals surface area contributed by atoms with E-state index in [1.165, 1.54) is 12.1 Å². The molecule has 10 nitrogen and oxygen atoms in total. The van der Waals surface area contributed by atoms with Gasteiger partial charge in [0.1, 0.15) is 41.7 Å². The van der Waals surface area contributed by atoms with Gasteiger partial charge in [0, 0.05) is 17.2 Å². The number of fused-ring (bicyclic) bond motifs is 2. The average molecular weight is 432 g/mol. The molecule has 0 aromatic heterocycles. The molecule has 1 fully saturated rings. The summed E-state index contributed by atoms with van der Waals surface area (Å²) in [5.41, 5.74) is -0.154. The summed E-state index contributed by atoms with van der Waals surface area (Å²) in [6.07, 6.45) is -8.02. The van der Waals surface area contributed by atoms with Crippen LogP contribution in [0.2, 0.25) is 0 Å². The lowest BCUT2D eigenvalue weighted by atomic mass is 9.82. The highest BCUT2D eigenvalue weighted by atomic mass is 16.7. The van der Waals surface area contributed by atoms with E-state index in [2.05, 4.69) is 0 Å².